The number of benzene rings is 1. The zero-order valence-electron chi connectivity index (χ0n) is 14.2. The molecule has 1 saturated carbocycles. The zero-order chi connectivity index (χ0) is 19.1. The summed E-state index contributed by atoms with van der Waals surface area (Å²) in [6, 6.07) is 2.94. The van der Waals surface area contributed by atoms with E-state index in [0.29, 0.717) is 5.89 Å². The minimum Gasteiger partial charge on any atom is -0.339 e. The fourth-order valence-electron chi connectivity index (χ4n) is 2.88. The van der Waals surface area contributed by atoms with E-state index in [0.717, 1.165) is 25.0 Å². The van der Waals surface area contributed by atoms with Gasteiger partial charge in [-0.05, 0) is 31.0 Å². The van der Waals surface area contributed by atoms with Crippen molar-refractivity contribution in [3.8, 4) is 0 Å². The second-order valence-electron chi connectivity index (χ2n) is 6.53. The van der Waals surface area contributed by atoms with Gasteiger partial charge in [0.2, 0.25) is 11.7 Å². The van der Waals surface area contributed by atoms with Crippen LogP contribution in [0.15, 0.2) is 22.7 Å². The van der Waals surface area contributed by atoms with Gasteiger partial charge in [0.15, 0.2) is 17.5 Å². The maximum Gasteiger partial charge on any atom is 0.254 e. The molecule has 2 heterocycles. The molecule has 2 N–H and O–H groups in total. The number of carbonyl (C=O) groups is 1. The Kier molecular flexibility index (Phi) is 4.17. The number of rotatable bonds is 3. The summed E-state index contributed by atoms with van der Waals surface area (Å²) >= 11 is 0. The first-order valence-electron chi connectivity index (χ1n) is 8.46. The monoisotopic (exact) mass is 374 g/mol. The van der Waals surface area contributed by atoms with Crippen LogP contribution >= 0.6 is 0 Å². The van der Waals surface area contributed by atoms with E-state index in [1.807, 2.05) is 0 Å². The van der Waals surface area contributed by atoms with Crippen LogP contribution in [0.3, 0.4) is 0 Å². The van der Waals surface area contributed by atoms with Crippen molar-refractivity contribution in [3.05, 3.63) is 47.1 Å². The van der Waals surface area contributed by atoms with Gasteiger partial charge in [-0.3, -0.25) is 15.6 Å². The molecule has 1 amide bonds. The Labute approximate surface area is 152 Å². The highest BCUT2D eigenvalue weighted by Crippen LogP contribution is 2.38. The maximum absolute atomic E-state index is 13.4. The summed E-state index contributed by atoms with van der Waals surface area (Å²) < 4.78 is 31.5. The number of nitrogens with zero attached hydrogens (tertiary/aromatic N) is 4. The Morgan fingerprint density at radius 1 is 1.22 bits per heavy atom. The fourth-order valence-corrected chi connectivity index (χ4v) is 2.88. The summed E-state index contributed by atoms with van der Waals surface area (Å²) in [5.41, 5.74) is 0.0115. The molecule has 8 nitrogen and oxygen atoms in total. The fraction of sp³-hybridized carbons (Fsp3) is 0.353. The number of nitrogens with one attached hydrogen (secondary N) is 2. The molecule has 0 radical (unpaired) electrons. The molecule has 2 aliphatic rings. The summed E-state index contributed by atoms with van der Waals surface area (Å²) in [5.74, 6) is -1.78. The Morgan fingerprint density at radius 3 is 2.67 bits per heavy atom. The van der Waals surface area contributed by atoms with Crippen LogP contribution in [-0.4, -0.2) is 57.2 Å². The molecule has 10 heteroatoms. The van der Waals surface area contributed by atoms with Crippen molar-refractivity contribution in [2.75, 3.05) is 19.6 Å². The van der Waals surface area contributed by atoms with Crippen molar-refractivity contribution in [3.63, 3.8) is 0 Å². The first kappa shape index (κ1) is 17.3. The molecular formula is C17H16F2N6O2. The average Bonchev–Trinajstić information content (AvgIpc) is 3.39. The van der Waals surface area contributed by atoms with Crippen molar-refractivity contribution < 1.29 is 18.1 Å². The maximum atomic E-state index is 13.4. The summed E-state index contributed by atoms with van der Waals surface area (Å²) in [7, 11) is 0. The van der Waals surface area contributed by atoms with Gasteiger partial charge in [-0.15, -0.1) is 0 Å². The molecule has 0 spiro atoms. The number of hydrogen-bond donors (Lipinski definition) is 2. The van der Waals surface area contributed by atoms with E-state index in [4.69, 9.17) is 15.3 Å². The van der Waals surface area contributed by atoms with Gasteiger partial charge in [0.05, 0.1) is 6.54 Å². The lowest BCUT2D eigenvalue weighted by molar-refractivity contribution is 0.0756. The molecule has 1 saturated heterocycles. The lowest BCUT2D eigenvalue weighted by Crippen LogP contribution is -2.54. The molecule has 0 bridgehead atoms. The molecule has 1 aliphatic heterocycles. The van der Waals surface area contributed by atoms with Crippen molar-refractivity contribution in [2.24, 2.45) is 0 Å². The van der Waals surface area contributed by atoms with E-state index in [2.05, 4.69) is 10.1 Å². The van der Waals surface area contributed by atoms with E-state index in [-0.39, 0.29) is 48.6 Å². The van der Waals surface area contributed by atoms with E-state index in [1.54, 1.807) is 0 Å². The minimum atomic E-state index is -1.10. The van der Waals surface area contributed by atoms with Gasteiger partial charge in [-0.25, -0.2) is 8.78 Å². The number of hydrogen-bond acceptors (Lipinski definition) is 6. The lowest BCUT2D eigenvalue weighted by atomic mass is 10.1. The highest BCUT2D eigenvalue weighted by atomic mass is 19.2. The number of carbonyl (C=O) groups excluding carboxylic acids is 1. The van der Waals surface area contributed by atoms with E-state index < -0.39 is 17.5 Å². The Morgan fingerprint density at radius 2 is 2.00 bits per heavy atom. The smallest absolute Gasteiger partial charge is 0.254 e. The predicted octanol–water partition coefficient (Wildman–Crippen LogP) is 1.99. The third-order valence-corrected chi connectivity index (χ3v) is 4.56. The van der Waals surface area contributed by atoms with Crippen LogP contribution in [0.4, 0.5) is 8.78 Å². The first-order valence-corrected chi connectivity index (χ1v) is 8.46. The SMILES string of the molecule is N=C1CN(C(=O)c2ccc(F)c(F)c2)CCN1C(=N)c1noc(C2CC2)n1. The Balaban J connectivity index is 1.43. The number of aromatic nitrogens is 2. The molecule has 1 aromatic carbocycles. The summed E-state index contributed by atoms with van der Waals surface area (Å²) in [4.78, 5) is 19.4. The molecule has 0 unspecified atom stereocenters. The third kappa shape index (κ3) is 3.29. The van der Waals surface area contributed by atoms with Gasteiger partial charge in [-0.1, -0.05) is 5.16 Å². The Bertz CT molecular complexity index is 939. The molecule has 2 aromatic rings. The highest BCUT2D eigenvalue weighted by Gasteiger charge is 2.33. The third-order valence-electron chi connectivity index (χ3n) is 4.56. The first-order chi connectivity index (χ1) is 12.9. The van der Waals surface area contributed by atoms with Crippen LogP contribution in [0.2, 0.25) is 0 Å². The highest BCUT2D eigenvalue weighted by molar-refractivity contribution is 6.07. The zero-order valence-corrected chi connectivity index (χ0v) is 14.2. The quantitative estimate of drug-likeness (QED) is 0.631. The van der Waals surface area contributed by atoms with Gasteiger partial charge >= 0.3 is 0 Å². The van der Waals surface area contributed by atoms with Crippen LogP contribution < -0.4 is 0 Å². The van der Waals surface area contributed by atoms with E-state index in [9.17, 15) is 13.6 Å². The van der Waals surface area contributed by atoms with E-state index >= 15 is 0 Å². The van der Waals surface area contributed by atoms with Crippen LogP contribution in [0.25, 0.3) is 0 Å². The number of amides is 1. The van der Waals surface area contributed by atoms with Gasteiger partial charge in [-0.2, -0.15) is 4.98 Å². The van der Waals surface area contributed by atoms with Crippen LogP contribution in [-0.2, 0) is 0 Å². The van der Waals surface area contributed by atoms with E-state index in [1.165, 1.54) is 15.9 Å². The van der Waals surface area contributed by atoms with Crippen molar-refractivity contribution in [2.45, 2.75) is 18.8 Å². The molecule has 1 aliphatic carbocycles. The van der Waals surface area contributed by atoms with Crippen molar-refractivity contribution in [1.82, 2.24) is 19.9 Å². The summed E-state index contributed by atoms with van der Waals surface area (Å²) in [6.07, 6.45) is 1.99. The number of piperazine rings is 1. The molecule has 27 heavy (non-hydrogen) atoms. The van der Waals surface area contributed by atoms with Gasteiger partial charge < -0.3 is 14.3 Å². The second-order valence-corrected chi connectivity index (χ2v) is 6.53. The second kappa shape index (κ2) is 6.53. The molecule has 0 atom stereocenters. The van der Waals surface area contributed by atoms with Gasteiger partial charge in [0.1, 0.15) is 5.84 Å². The van der Waals surface area contributed by atoms with Crippen LogP contribution in [0.5, 0.6) is 0 Å². The molecule has 1 aromatic heterocycles. The number of halogens is 2. The average molecular weight is 374 g/mol. The van der Waals surface area contributed by atoms with Crippen molar-refractivity contribution >= 4 is 17.6 Å². The molecule has 140 valence electrons. The molecule has 2 fully saturated rings. The molecule has 4 rings (SSSR count). The minimum absolute atomic E-state index is 0.0115. The predicted molar refractivity (Wildman–Crippen MR) is 89.8 cm³/mol. The standard InChI is InChI=1S/C17H16F2N6O2/c18-11-4-3-10(7-12(11)19)17(26)24-5-6-25(13(20)8-24)14(21)15-22-16(27-23-15)9-1-2-9/h3-4,7,9,20-21H,1-2,5-6,8H2. The molecular weight excluding hydrogens is 358 g/mol. The van der Waals surface area contributed by atoms with Crippen LogP contribution in [0.1, 0.15) is 40.8 Å². The Hall–Kier alpha value is -3.17. The van der Waals surface area contributed by atoms with Crippen molar-refractivity contribution in [1.29, 1.82) is 10.8 Å². The summed E-state index contributed by atoms with van der Waals surface area (Å²) in [6.45, 7) is 0.351. The largest absolute Gasteiger partial charge is 0.339 e. The van der Waals surface area contributed by atoms with Crippen LogP contribution in [0, 0.1) is 22.5 Å². The normalized spacial score (nSPS) is 17.3. The lowest BCUT2D eigenvalue weighted by Gasteiger charge is -2.35. The topological polar surface area (TPSA) is 110 Å². The summed E-state index contributed by atoms with van der Waals surface area (Å²) in [5, 5.41) is 20.2. The van der Waals surface area contributed by atoms with Gasteiger partial charge in [0, 0.05) is 24.6 Å². The number of amidine groups is 2. The van der Waals surface area contributed by atoms with Gasteiger partial charge in [0.25, 0.3) is 5.91 Å².